The summed E-state index contributed by atoms with van der Waals surface area (Å²) in [4.78, 5) is 9.59. The van der Waals surface area contributed by atoms with Crippen molar-refractivity contribution in [2.75, 3.05) is 0 Å². The first-order chi connectivity index (χ1) is 5.61. The summed E-state index contributed by atoms with van der Waals surface area (Å²) in [5.74, 6) is 0. The van der Waals surface area contributed by atoms with Gasteiger partial charge in [0.05, 0.1) is 4.92 Å². The smallest absolute Gasteiger partial charge is 0.768 e. The van der Waals surface area contributed by atoms with Gasteiger partial charge < -0.3 is 4.55 Å². The van der Waals surface area contributed by atoms with E-state index in [9.17, 15) is 18.9 Å². The topological polar surface area (TPSA) is 83.3 Å². The monoisotopic (exact) mass is 193 g/mol. The third-order valence-electron chi connectivity index (χ3n) is 1.24. The summed E-state index contributed by atoms with van der Waals surface area (Å²) in [5, 5.41) is 10.1. The van der Waals surface area contributed by atoms with E-state index in [2.05, 4.69) is 0 Å². The third-order valence-corrected chi connectivity index (χ3v) is 1.90. The summed E-state index contributed by atoms with van der Waals surface area (Å²) in [7, 11) is 0. The molecule has 0 saturated carbocycles. The number of nitro benzene ring substituents is 1. The second-order valence-corrected chi connectivity index (χ2v) is 2.93. The van der Waals surface area contributed by atoms with Crippen LogP contribution in [-0.2, 0) is 11.1 Å². The minimum absolute atomic E-state index is 0. The molecule has 0 bridgehead atoms. The molecule has 0 aliphatic carbocycles. The summed E-state index contributed by atoms with van der Waals surface area (Å²) in [6.45, 7) is 0. The van der Waals surface area contributed by atoms with Gasteiger partial charge in [-0.3, -0.25) is 14.3 Å². The number of hydrogen-bond acceptors (Lipinski definition) is 4. The Kier molecular flexibility index (Phi) is 4.88. The molecule has 1 unspecified atom stereocenters. The molecule has 0 N–H and O–H groups in total. The molecule has 0 aromatic heterocycles. The molecule has 64 valence electrons. The summed E-state index contributed by atoms with van der Waals surface area (Å²) >= 11 is -2.32. The van der Waals surface area contributed by atoms with Gasteiger partial charge in [0.1, 0.15) is 0 Å². The first kappa shape index (κ1) is 12.3. The number of nitro groups is 1. The summed E-state index contributed by atoms with van der Waals surface area (Å²) in [6.07, 6.45) is 0. The first-order valence-electron chi connectivity index (χ1n) is 2.95. The van der Waals surface area contributed by atoms with Gasteiger partial charge in [0.25, 0.3) is 5.69 Å². The van der Waals surface area contributed by atoms with Gasteiger partial charge in [-0.1, -0.05) is 0 Å². The second kappa shape index (κ2) is 5.14. The second-order valence-electron chi connectivity index (χ2n) is 1.99. The average Bonchev–Trinajstić information content (AvgIpc) is 2.04. The maximum atomic E-state index is 10.3. The summed E-state index contributed by atoms with van der Waals surface area (Å²) in [6, 6.07) is 4.65. The van der Waals surface area contributed by atoms with Gasteiger partial charge in [0, 0.05) is 17.0 Å². The minimum atomic E-state index is -2.32. The molecule has 0 aliphatic rings. The van der Waals surface area contributed by atoms with Crippen LogP contribution in [0.1, 0.15) is 0 Å². The van der Waals surface area contributed by atoms with E-state index >= 15 is 0 Å². The average molecular weight is 193 g/mol. The fourth-order valence-electron chi connectivity index (χ4n) is 0.679. The number of hydrogen-bond donors (Lipinski definition) is 0. The Labute approximate surface area is 88.8 Å². The van der Waals surface area contributed by atoms with Crippen molar-refractivity contribution in [2.24, 2.45) is 0 Å². The number of rotatable bonds is 2. The van der Waals surface area contributed by atoms with Gasteiger partial charge in [-0.05, 0) is 23.2 Å². The molecule has 0 heterocycles. The van der Waals surface area contributed by atoms with Crippen LogP contribution in [0.4, 0.5) is 5.69 Å². The van der Waals surface area contributed by atoms with Gasteiger partial charge in [0.2, 0.25) is 0 Å². The van der Waals surface area contributed by atoms with Crippen LogP contribution in [0.15, 0.2) is 29.2 Å². The number of non-ortho nitro benzene ring substituents is 1. The van der Waals surface area contributed by atoms with E-state index in [1.165, 1.54) is 12.1 Å². The first-order valence-corrected chi connectivity index (χ1v) is 4.02. The van der Waals surface area contributed by atoms with Crippen molar-refractivity contribution in [1.29, 1.82) is 0 Å². The molecule has 0 fully saturated rings. The molecule has 0 aliphatic heterocycles. The molecule has 1 aromatic rings. The van der Waals surface area contributed by atoms with E-state index in [1.54, 1.807) is 0 Å². The van der Waals surface area contributed by atoms with Gasteiger partial charge in [-0.15, -0.1) is 0 Å². The van der Waals surface area contributed by atoms with Crippen molar-refractivity contribution < 1.29 is 32.5 Å². The van der Waals surface area contributed by atoms with E-state index < -0.39 is 16.0 Å². The standard InChI is InChI=1S/C6H5NO4S.Li/c8-7(9)5-1-3-6(4-2-5)12(10)11;/h1-4H,(H,10,11);/q;+1/p-1. The molecule has 0 amide bonds. The molecular weight excluding hydrogens is 189 g/mol. The number of nitrogens with zero attached hydrogens (tertiary/aromatic N) is 1. The molecule has 5 nitrogen and oxygen atoms in total. The normalized spacial score (nSPS) is 11.5. The zero-order chi connectivity index (χ0) is 9.14. The Morgan fingerprint density at radius 1 is 1.23 bits per heavy atom. The van der Waals surface area contributed by atoms with Crippen LogP contribution < -0.4 is 18.9 Å². The predicted molar refractivity (Wildman–Crippen MR) is 40.3 cm³/mol. The summed E-state index contributed by atoms with van der Waals surface area (Å²) in [5.41, 5.74) is -0.121. The molecule has 7 heteroatoms. The van der Waals surface area contributed by atoms with Gasteiger partial charge in [-0.25, -0.2) is 0 Å². The third kappa shape index (κ3) is 3.28. The Hall–Kier alpha value is -0.673. The minimum Gasteiger partial charge on any atom is -0.768 e. The van der Waals surface area contributed by atoms with Crippen LogP contribution in [0.25, 0.3) is 0 Å². The van der Waals surface area contributed by atoms with Crippen LogP contribution in [0.5, 0.6) is 0 Å². The van der Waals surface area contributed by atoms with E-state index in [0.29, 0.717) is 0 Å². The quantitative estimate of drug-likeness (QED) is 0.232. The van der Waals surface area contributed by atoms with Crippen molar-refractivity contribution in [3.05, 3.63) is 34.4 Å². The maximum Gasteiger partial charge on any atom is 1.00 e. The Morgan fingerprint density at radius 2 is 1.69 bits per heavy atom. The molecule has 0 spiro atoms. The number of benzene rings is 1. The van der Waals surface area contributed by atoms with Crippen molar-refractivity contribution in [2.45, 2.75) is 4.90 Å². The van der Waals surface area contributed by atoms with Gasteiger partial charge in [0.15, 0.2) is 0 Å². The van der Waals surface area contributed by atoms with Gasteiger partial charge >= 0.3 is 18.9 Å². The van der Waals surface area contributed by atoms with Crippen molar-refractivity contribution in [1.82, 2.24) is 0 Å². The fourth-order valence-corrected chi connectivity index (χ4v) is 1.04. The van der Waals surface area contributed by atoms with Crippen LogP contribution in [0.2, 0.25) is 0 Å². The zero-order valence-electron chi connectivity index (χ0n) is 6.80. The predicted octanol–water partition coefficient (Wildman–Crippen LogP) is -2.16. The van der Waals surface area contributed by atoms with Crippen molar-refractivity contribution >= 4 is 16.8 Å². The molecule has 0 radical (unpaired) electrons. The molecular formula is C6H4LiNO4S. The fraction of sp³-hybridized carbons (Fsp3) is 0. The zero-order valence-corrected chi connectivity index (χ0v) is 7.61. The Bertz CT molecular complexity index is 293. The largest absolute Gasteiger partial charge is 1.00 e. The Morgan fingerprint density at radius 3 is 2.00 bits per heavy atom. The van der Waals surface area contributed by atoms with E-state index in [-0.39, 0.29) is 29.4 Å². The van der Waals surface area contributed by atoms with E-state index in [1.807, 2.05) is 0 Å². The van der Waals surface area contributed by atoms with Crippen LogP contribution in [0, 0.1) is 10.1 Å². The van der Waals surface area contributed by atoms with Crippen molar-refractivity contribution in [3.63, 3.8) is 0 Å². The molecule has 13 heavy (non-hydrogen) atoms. The van der Waals surface area contributed by atoms with Crippen molar-refractivity contribution in [3.8, 4) is 0 Å². The van der Waals surface area contributed by atoms with Gasteiger partial charge in [-0.2, -0.15) is 0 Å². The van der Waals surface area contributed by atoms with E-state index in [4.69, 9.17) is 0 Å². The molecule has 0 saturated heterocycles. The van der Waals surface area contributed by atoms with Crippen LogP contribution >= 0.6 is 0 Å². The van der Waals surface area contributed by atoms with E-state index in [0.717, 1.165) is 12.1 Å². The molecule has 1 rings (SSSR count). The maximum absolute atomic E-state index is 10.3. The SMILES string of the molecule is O=[N+]([O-])c1ccc(S(=O)[O-])cc1.[Li+]. The summed E-state index contributed by atoms with van der Waals surface area (Å²) < 4.78 is 20.6. The van der Waals surface area contributed by atoms with Crippen LogP contribution in [-0.4, -0.2) is 13.7 Å². The molecule has 1 atom stereocenters. The Balaban J connectivity index is 0.00000144. The molecule has 1 aromatic carbocycles. The van der Waals surface area contributed by atoms with Crippen LogP contribution in [0.3, 0.4) is 0 Å².